The van der Waals surface area contributed by atoms with Crippen LogP contribution in [-0.4, -0.2) is 105 Å². The van der Waals surface area contributed by atoms with E-state index in [-0.39, 0.29) is 0 Å². The number of oxazole rings is 2. The molecule has 25 nitrogen and oxygen atoms in total. The van der Waals surface area contributed by atoms with Gasteiger partial charge >= 0.3 is 0 Å². The van der Waals surface area contributed by atoms with Gasteiger partial charge in [0.15, 0.2) is 12.3 Å². The van der Waals surface area contributed by atoms with E-state index in [1.807, 2.05) is 370 Å². The SMILES string of the molecule is CC.CC.CC.CC.CC.CC.CC.CC.CC.CC.CC.CC.CC.CC.CC.Cc1ccc[nH]1.Cc1ccco1.Cc1cccs1.Cc1ccn[nH]1.Cc1ccno1.Cc1ccns1.Cc1cnc[nH]1.Cc1cnco1.Cc1cncs1.Cc1ncc[nH]1.Cc1ncco1.Cc1nccs1.Cc1ncn[nH]1.Cc1ncn[nH]1.Cn1cccn1. The zero-order chi connectivity index (χ0) is 96.1. The van der Waals surface area contributed by atoms with E-state index in [0.717, 1.165) is 57.0 Å². The Labute approximate surface area is 747 Å². The Bertz CT molecular complexity index is 2630. The second-order valence-electron chi connectivity index (χ2n) is 17.3. The van der Waals surface area contributed by atoms with Gasteiger partial charge in [-0.1, -0.05) is 219 Å². The molecule has 0 bridgehead atoms. The van der Waals surface area contributed by atoms with Gasteiger partial charge < -0.3 is 32.7 Å². The molecule has 15 aromatic rings. The van der Waals surface area contributed by atoms with Gasteiger partial charge in [0, 0.05) is 119 Å². The van der Waals surface area contributed by atoms with Crippen LogP contribution in [0.1, 0.15) is 285 Å². The van der Waals surface area contributed by atoms with Crippen molar-refractivity contribution in [3.8, 4) is 0 Å². The Hall–Kier alpha value is -10.1. The van der Waals surface area contributed by atoms with Gasteiger partial charge in [0.2, 0.25) is 0 Å². The maximum absolute atomic E-state index is 4.83. The van der Waals surface area contributed by atoms with Crippen molar-refractivity contribution in [1.82, 2.24) is 105 Å². The first-order valence-corrected chi connectivity index (χ1v) is 45.5. The molecule has 0 amide bonds. The fourth-order valence-corrected chi connectivity index (χ4v) is 6.51. The summed E-state index contributed by atoms with van der Waals surface area (Å²) in [5.74, 6) is 6.08. The summed E-state index contributed by atoms with van der Waals surface area (Å²) in [6.45, 7) is 87.2. The highest BCUT2D eigenvalue weighted by atomic mass is 32.1. The van der Waals surface area contributed by atoms with Gasteiger partial charge in [-0.3, -0.25) is 29.9 Å². The van der Waals surface area contributed by atoms with Crippen LogP contribution in [0.2, 0.25) is 0 Å². The molecule has 0 aromatic carbocycles. The molecule has 6 N–H and O–H groups in total. The summed E-state index contributed by atoms with van der Waals surface area (Å²) in [6.07, 6.45) is 32.2. The van der Waals surface area contributed by atoms with Gasteiger partial charge in [0.25, 0.3) is 0 Å². The predicted octanol–water partition coefficient (Wildman–Crippen LogP) is 30.5. The summed E-state index contributed by atoms with van der Waals surface area (Å²) in [5, 5.41) is 31.4. The third kappa shape index (κ3) is 137. The van der Waals surface area contributed by atoms with Crippen molar-refractivity contribution in [2.45, 2.75) is 305 Å². The molecular weight excluding hydrogens is 1580 g/mol. The monoisotopic (exact) mass is 1750 g/mol. The van der Waals surface area contributed by atoms with Crippen LogP contribution in [0.5, 0.6) is 0 Å². The van der Waals surface area contributed by atoms with Crippen molar-refractivity contribution in [3.05, 3.63) is 273 Å². The van der Waals surface area contributed by atoms with Gasteiger partial charge in [-0.15, -0.1) is 34.0 Å². The average molecular weight is 1750 g/mol. The van der Waals surface area contributed by atoms with E-state index >= 15 is 0 Å². The minimum absolute atomic E-state index is 0.718. The Kier molecular flexibility index (Phi) is 170. The molecule has 15 heterocycles. The molecule has 0 atom stereocenters. The third-order valence-corrected chi connectivity index (χ3v) is 11.9. The minimum Gasteiger partial charge on any atom is -0.470 e. The van der Waals surface area contributed by atoms with E-state index in [2.05, 4.69) is 129 Å². The van der Waals surface area contributed by atoms with E-state index in [1.54, 1.807) is 133 Å². The molecule has 0 aliphatic rings. The van der Waals surface area contributed by atoms with Crippen LogP contribution in [-0.2, 0) is 7.05 Å². The lowest BCUT2D eigenvalue weighted by Gasteiger charge is -1.77. The van der Waals surface area contributed by atoms with E-state index in [4.69, 9.17) is 13.3 Å². The highest BCUT2D eigenvalue weighted by Gasteiger charge is 1.83. The molecule has 0 unspecified atom stereocenters. The second kappa shape index (κ2) is 141. The summed E-state index contributed by atoms with van der Waals surface area (Å²) in [4.78, 5) is 43.0. The summed E-state index contributed by atoms with van der Waals surface area (Å²) in [6, 6.07) is 19.6. The van der Waals surface area contributed by atoms with Crippen molar-refractivity contribution in [3.63, 3.8) is 0 Å². The van der Waals surface area contributed by atoms with Crippen molar-refractivity contribution in [2.24, 2.45) is 7.05 Å². The molecule has 0 saturated carbocycles. The quantitative estimate of drug-likeness (QED) is 0.0821. The highest BCUT2D eigenvalue weighted by Crippen LogP contribution is 2.04. The van der Waals surface area contributed by atoms with E-state index in [1.165, 1.54) is 50.9 Å². The lowest BCUT2D eigenvalue weighted by atomic mass is 10.5. The molecule has 120 heavy (non-hydrogen) atoms. The number of H-pyrrole nitrogens is 6. The van der Waals surface area contributed by atoms with Gasteiger partial charge in [0.1, 0.15) is 53.7 Å². The first-order chi connectivity index (χ1) is 58.4. The number of aryl methyl sites for hydroxylation is 15. The number of furan rings is 1. The molecule has 690 valence electrons. The molecule has 0 aliphatic carbocycles. The Balaban J connectivity index is -0.0000000740. The summed E-state index contributed by atoms with van der Waals surface area (Å²) < 4.78 is 24.5. The number of aromatic amines is 6. The van der Waals surface area contributed by atoms with Crippen LogP contribution in [0.3, 0.4) is 0 Å². The Morgan fingerprint density at radius 2 is 0.933 bits per heavy atom. The normalized spacial score (nSPS) is 7.38. The van der Waals surface area contributed by atoms with Crippen molar-refractivity contribution < 1.29 is 17.8 Å². The molecule has 0 saturated heterocycles. The number of hydrogen-bond donors (Lipinski definition) is 6. The smallest absolute Gasteiger partial charge is 0.190 e. The van der Waals surface area contributed by atoms with E-state index in [0.29, 0.717) is 0 Å². The first-order valence-electron chi connectivity index (χ1n) is 42.1. The van der Waals surface area contributed by atoms with Crippen molar-refractivity contribution in [2.75, 3.05) is 0 Å². The lowest BCUT2D eigenvalue weighted by Crippen LogP contribution is -1.83. The highest BCUT2D eigenvalue weighted by molar-refractivity contribution is 7.10. The minimum atomic E-state index is 0.718. The number of thiophene rings is 1. The zero-order valence-electron chi connectivity index (χ0n) is 83.4. The van der Waals surface area contributed by atoms with Crippen LogP contribution in [0, 0.1) is 96.9 Å². The molecule has 0 radical (unpaired) electrons. The summed E-state index contributed by atoms with van der Waals surface area (Å²) >= 11 is 6.64. The number of hydrogen-bond acceptors (Lipinski definition) is 22. The Morgan fingerprint density at radius 3 is 1.05 bits per heavy atom. The van der Waals surface area contributed by atoms with Crippen LogP contribution >= 0.6 is 45.5 Å². The largest absolute Gasteiger partial charge is 0.470 e. The fraction of sp³-hybridized carbons (Fsp3) is 0.495. The number of aromatic nitrogens is 21. The van der Waals surface area contributed by atoms with Crippen LogP contribution in [0.25, 0.3) is 0 Å². The Morgan fingerprint density at radius 1 is 0.350 bits per heavy atom. The van der Waals surface area contributed by atoms with Gasteiger partial charge in [-0.05, 0) is 155 Å². The van der Waals surface area contributed by atoms with E-state index < -0.39 is 0 Å². The first kappa shape index (κ1) is 145. The summed E-state index contributed by atoms with van der Waals surface area (Å²) in [7, 11) is 1.89. The number of rotatable bonds is 0. The molecular formula is C91H173N21O4S4. The molecule has 0 fully saturated rings. The fourth-order valence-electron chi connectivity index (χ4n) is 4.72. The molecule has 0 aliphatic heterocycles. The number of nitrogens with one attached hydrogen (secondary N) is 6. The second-order valence-corrected chi connectivity index (χ2v) is 21.7. The van der Waals surface area contributed by atoms with Gasteiger partial charge in [0.05, 0.1) is 41.7 Å². The van der Waals surface area contributed by atoms with Gasteiger partial charge in [-0.25, -0.2) is 34.3 Å². The van der Waals surface area contributed by atoms with Crippen LogP contribution in [0.15, 0.2) is 213 Å². The predicted molar refractivity (Wildman–Crippen MR) is 528 cm³/mol. The van der Waals surface area contributed by atoms with Gasteiger partial charge in [-0.2, -0.15) is 20.4 Å². The zero-order valence-corrected chi connectivity index (χ0v) is 86.7. The maximum Gasteiger partial charge on any atom is 0.190 e. The van der Waals surface area contributed by atoms with Crippen molar-refractivity contribution >= 4 is 45.5 Å². The standard InChI is InChI=1S/C5H7N.C5H6O.C5H6S.4C4H6N2.3C4H5NO.3C4H5NS.2C3H5N3.15C2H6/c3*1-5-3-2-4-6-5;1-4-2-5-3-6-4;1-6-4-2-3-5-6;1-4-5-2-3-6-4;1-4-2-3-5-6-4;1-4-2-5-3-6-4;1-4-5-2-3-6-4;1-4-2-3-5-6-4;1-4-2-5-3-6-4;1-4-5-2-3-6-4;1-4-2-3-5-6-4;2*1-3-4-2-5-6-3;15*1-2/h2-4,6H,1H3;2*2-4H,1H3;2-3H,1H3,(H,5,6);2-4H,1H3;2*2-3H,1H3,(H,5,6);6*2-3H,1H3;2*2H,1H3,(H,4,5,6);15*1-2H3. The molecule has 15 aromatic heterocycles. The third-order valence-electron chi connectivity index (χ3n) is 9.05. The average Bonchev–Trinajstić information content (AvgIpc) is 3.59. The lowest BCUT2D eigenvalue weighted by molar-refractivity contribution is 0.397. The summed E-state index contributed by atoms with van der Waals surface area (Å²) in [5.41, 5.74) is 5.26. The van der Waals surface area contributed by atoms with Crippen LogP contribution in [0.4, 0.5) is 0 Å². The maximum atomic E-state index is 4.83. The van der Waals surface area contributed by atoms with E-state index in [9.17, 15) is 0 Å². The van der Waals surface area contributed by atoms with Crippen molar-refractivity contribution in [1.29, 1.82) is 0 Å². The number of nitrogens with zero attached hydrogens (tertiary/aromatic N) is 15. The number of imidazole rings is 2. The number of thiazole rings is 2. The topological polar surface area (TPSA) is 333 Å². The molecule has 29 heteroatoms. The molecule has 15 rings (SSSR count). The van der Waals surface area contributed by atoms with Crippen LogP contribution < -0.4 is 0 Å². The molecule has 0 spiro atoms.